The fourth-order valence-corrected chi connectivity index (χ4v) is 3.73. The van der Waals surface area contributed by atoms with Crippen LogP contribution >= 0.6 is 0 Å². The van der Waals surface area contributed by atoms with Crippen LogP contribution in [0.5, 0.6) is 0 Å². The van der Waals surface area contributed by atoms with Crippen molar-refractivity contribution >= 4 is 28.6 Å². The molecule has 0 radical (unpaired) electrons. The number of imidazole rings is 1. The maximum Gasteiger partial charge on any atom is 0.229 e. The van der Waals surface area contributed by atoms with Crippen LogP contribution in [-0.2, 0) is 11.2 Å². The summed E-state index contributed by atoms with van der Waals surface area (Å²) in [6.07, 6.45) is 6.45. The summed E-state index contributed by atoms with van der Waals surface area (Å²) in [5.74, 6) is 1.38. The van der Waals surface area contributed by atoms with Crippen LogP contribution in [-0.4, -0.2) is 81.6 Å². The second-order valence-electron chi connectivity index (χ2n) is 9.04. The zero-order valence-electron chi connectivity index (χ0n) is 21.0. The van der Waals surface area contributed by atoms with Gasteiger partial charge in [0.1, 0.15) is 0 Å². The Morgan fingerprint density at radius 1 is 1.14 bits per heavy atom. The SMILES string of the molecule is CC(C)n1cnc2c(Nc3cn[nH]c3)nc(N3CCOCC3)nc21.CN(C)CCc1ccccc1.[HH]. The normalized spacial score (nSPS) is 13.8. The van der Waals surface area contributed by atoms with E-state index < -0.39 is 0 Å². The van der Waals surface area contributed by atoms with Crippen molar-refractivity contribution in [3.63, 3.8) is 0 Å². The first-order chi connectivity index (χ1) is 17.0. The average Bonchev–Trinajstić information content (AvgIpc) is 3.54. The Kier molecular flexibility index (Phi) is 8.27. The summed E-state index contributed by atoms with van der Waals surface area (Å²) in [7, 11) is 4.20. The molecule has 10 heteroatoms. The van der Waals surface area contributed by atoms with E-state index in [9.17, 15) is 0 Å². The van der Waals surface area contributed by atoms with Crippen LogP contribution in [0, 0.1) is 0 Å². The van der Waals surface area contributed by atoms with Gasteiger partial charge in [0, 0.05) is 33.3 Å². The molecule has 0 unspecified atom stereocenters. The molecule has 5 rings (SSSR count). The summed E-state index contributed by atoms with van der Waals surface area (Å²) >= 11 is 0. The molecule has 10 nitrogen and oxygen atoms in total. The number of likely N-dealkylation sites (N-methyl/N-ethyl adjacent to an activating group) is 1. The maximum atomic E-state index is 5.43. The lowest BCUT2D eigenvalue weighted by atomic mass is 10.1. The lowest BCUT2D eigenvalue weighted by molar-refractivity contribution is 0.122. The number of H-pyrrole nitrogens is 1. The average molecular weight is 480 g/mol. The number of aromatic amines is 1. The van der Waals surface area contributed by atoms with Gasteiger partial charge in [-0.1, -0.05) is 30.3 Å². The predicted molar refractivity (Wildman–Crippen MR) is 141 cm³/mol. The number of fused-ring (bicyclic) bond motifs is 1. The lowest BCUT2D eigenvalue weighted by Gasteiger charge is -2.27. The minimum Gasteiger partial charge on any atom is -0.378 e. The molecule has 1 fully saturated rings. The molecule has 0 atom stereocenters. The molecule has 0 spiro atoms. The van der Waals surface area contributed by atoms with E-state index in [2.05, 4.69) is 93.1 Å². The van der Waals surface area contributed by atoms with Gasteiger partial charge in [-0.15, -0.1) is 0 Å². The van der Waals surface area contributed by atoms with E-state index in [-0.39, 0.29) is 7.47 Å². The minimum absolute atomic E-state index is 0. The van der Waals surface area contributed by atoms with E-state index in [4.69, 9.17) is 14.7 Å². The van der Waals surface area contributed by atoms with Crippen molar-refractivity contribution in [1.82, 2.24) is 34.6 Å². The molecular formula is C25H37N9O. The first kappa shape index (κ1) is 24.6. The second-order valence-corrected chi connectivity index (χ2v) is 9.04. The van der Waals surface area contributed by atoms with Gasteiger partial charge in [-0.2, -0.15) is 15.1 Å². The van der Waals surface area contributed by atoms with Crippen LogP contribution in [0.3, 0.4) is 0 Å². The molecule has 0 saturated carbocycles. The monoisotopic (exact) mass is 479 g/mol. The molecule has 1 saturated heterocycles. The van der Waals surface area contributed by atoms with Gasteiger partial charge < -0.3 is 24.4 Å². The Labute approximate surface area is 207 Å². The number of nitrogens with zero attached hydrogens (tertiary/aromatic N) is 7. The maximum absolute atomic E-state index is 5.43. The van der Waals surface area contributed by atoms with Crippen molar-refractivity contribution in [3.8, 4) is 0 Å². The van der Waals surface area contributed by atoms with Crippen molar-refractivity contribution in [1.29, 1.82) is 0 Å². The summed E-state index contributed by atoms with van der Waals surface area (Å²) in [5.41, 5.74) is 3.83. The standard InChI is InChI=1S/C15H20N8O.C10H15N.H2/c1-10(2)23-9-16-12-13(19-11-7-17-18-8-11)20-15(21-14(12)23)22-3-5-24-6-4-22;1-11(2)9-8-10-6-4-3-5-7-10;/h7-10H,3-6H2,1-2H3,(H,17,18)(H,19,20,21);3-7H,8-9H2,1-2H3;1H. The summed E-state index contributed by atoms with van der Waals surface area (Å²) < 4.78 is 7.49. The van der Waals surface area contributed by atoms with E-state index in [1.165, 1.54) is 5.56 Å². The second kappa shape index (κ2) is 11.8. The third kappa shape index (κ3) is 6.55. The van der Waals surface area contributed by atoms with E-state index in [0.29, 0.717) is 25.0 Å². The summed E-state index contributed by atoms with van der Waals surface area (Å²) in [4.78, 5) is 18.3. The third-order valence-corrected chi connectivity index (χ3v) is 5.71. The molecule has 4 heterocycles. The summed E-state index contributed by atoms with van der Waals surface area (Å²) in [6.45, 7) is 8.30. The first-order valence-electron chi connectivity index (χ1n) is 12.0. The quantitative estimate of drug-likeness (QED) is 0.413. The van der Waals surface area contributed by atoms with Gasteiger partial charge in [-0.3, -0.25) is 5.10 Å². The predicted octanol–water partition coefficient (Wildman–Crippen LogP) is 3.75. The molecule has 1 aliphatic heterocycles. The van der Waals surface area contributed by atoms with Crippen LogP contribution in [0.2, 0.25) is 0 Å². The summed E-state index contributed by atoms with van der Waals surface area (Å²) in [6, 6.07) is 10.8. The lowest BCUT2D eigenvalue weighted by Crippen LogP contribution is -2.37. The van der Waals surface area contributed by atoms with Crippen LogP contribution in [0.25, 0.3) is 11.2 Å². The first-order valence-corrected chi connectivity index (χ1v) is 12.0. The van der Waals surface area contributed by atoms with E-state index in [0.717, 1.165) is 42.9 Å². The number of morpholine rings is 1. The molecule has 1 aliphatic rings. The topological polar surface area (TPSA) is 100 Å². The smallest absolute Gasteiger partial charge is 0.229 e. The number of rotatable bonds is 7. The van der Waals surface area contributed by atoms with Gasteiger partial charge in [0.25, 0.3) is 0 Å². The van der Waals surface area contributed by atoms with Crippen molar-refractivity contribution in [2.45, 2.75) is 26.3 Å². The van der Waals surface area contributed by atoms with Gasteiger partial charge in [0.2, 0.25) is 5.95 Å². The van der Waals surface area contributed by atoms with E-state index >= 15 is 0 Å². The van der Waals surface area contributed by atoms with Gasteiger partial charge in [-0.05, 0) is 39.9 Å². The highest BCUT2D eigenvalue weighted by atomic mass is 16.5. The zero-order valence-corrected chi connectivity index (χ0v) is 21.0. The Bertz CT molecular complexity index is 1170. The van der Waals surface area contributed by atoms with Gasteiger partial charge in [0.05, 0.1) is 31.4 Å². The molecule has 4 aromatic rings. The van der Waals surface area contributed by atoms with Gasteiger partial charge >= 0.3 is 0 Å². The fourth-order valence-electron chi connectivity index (χ4n) is 3.73. The number of ether oxygens (including phenoxy) is 1. The van der Waals surface area contributed by atoms with Crippen LogP contribution in [0.4, 0.5) is 17.5 Å². The highest BCUT2D eigenvalue weighted by Gasteiger charge is 2.20. The molecule has 3 aromatic heterocycles. The number of nitrogens with one attached hydrogen (secondary N) is 2. The summed E-state index contributed by atoms with van der Waals surface area (Å²) in [5, 5.41) is 10.0. The minimum atomic E-state index is 0. The van der Waals surface area contributed by atoms with Gasteiger partial charge in [0.15, 0.2) is 17.0 Å². The molecular weight excluding hydrogens is 442 g/mol. The Hall–Kier alpha value is -3.50. The zero-order chi connectivity index (χ0) is 24.6. The van der Waals surface area contributed by atoms with Crippen LogP contribution in [0.15, 0.2) is 49.1 Å². The van der Waals surface area contributed by atoms with E-state index in [1.807, 2.05) is 6.33 Å². The Morgan fingerprint density at radius 2 is 1.91 bits per heavy atom. The van der Waals surface area contributed by atoms with Crippen LogP contribution < -0.4 is 10.2 Å². The largest absolute Gasteiger partial charge is 0.378 e. The molecule has 0 bridgehead atoms. The molecule has 0 aliphatic carbocycles. The molecule has 35 heavy (non-hydrogen) atoms. The van der Waals surface area contributed by atoms with Crippen molar-refractivity contribution in [2.24, 2.45) is 0 Å². The van der Waals surface area contributed by atoms with E-state index in [1.54, 1.807) is 12.4 Å². The Balaban J connectivity index is 0.000000256. The fraction of sp³-hybridized carbons (Fsp3) is 0.440. The number of aromatic nitrogens is 6. The van der Waals surface area contributed by atoms with Crippen LogP contribution in [0.1, 0.15) is 26.9 Å². The van der Waals surface area contributed by atoms with Gasteiger partial charge in [-0.25, -0.2) is 4.98 Å². The third-order valence-electron chi connectivity index (χ3n) is 5.71. The highest BCUT2D eigenvalue weighted by molar-refractivity contribution is 5.86. The number of anilines is 3. The molecule has 1 aromatic carbocycles. The van der Waals surface area contributed by atoms with Crippen molar-refractivity contribution in [2.75, 3.05) is 57.2 Å². The number of hydrogen-bond acceptors (Lipinski definition) is 8. The highest BCUT2D eigenvalue weighted by Crippen LogP contribution is 2.27. The molecule has 2 N–H and O–H groups in total. The molecule has 188 valence electrons. The van der Waals surface area contributed by atoms with Crippen molar-refractivity contribution in [3.05, 3.63) is 54.6 Å². The Morgan fingerprint density at radius 3 is 2.57 bits per heavy atom. The molecule has 0 amide bonds. The number of benzene rings is 1. The number of hydrogen-bond donors (Lipinski definition) is 2. The van der Waals surface area contributed by atoms with Crippen molar-refractivity contribution < 1.29 is 6.16 Å².